The molecule has 2 aromatic rings. The van der Waals surface area contributed by atoms with Gasteiger partial charge < -0.3 is 15.0 Å². The molecule has 5 rings (SSSR count). The summed E-state index contributed by atoms with van der Waals surface area (Å²) < 4.78 is 1.85. The molecule has 1 amide bonds. The van der Waals surface area contributed by atoms with Gasteiger partial charge in [0, 0.05) is 36.2 Å². The van der Waals surface area contributed by atoms with Crippen molar-refractivity contribution in [2.24, 2.45) is 11.8 Å². The number of allylic oxidation sites excluding steroid dienone is 2. The highest BCUT2D eigenvalue weighted by molar-refractivity contribution is 5.83. The SMILES string of the molecule is C[C@@H](NC(=O)[C@@H]1N[C@@H]2c3ccc(C4=CCCC4)c(=O)n3C[C@@H]2[C@H]1CO)c1ccccc1. The molecule has 1 saturated heterocycles. The van der Waals surface area contributed by atoms with Crippen LogP contribution in [0.25, 0.3) is 5.57 Å². The molecule has 5 atom stereocenters. The van der Waals surface area contributed by atoms with E-state index < -0.39 is 6.04 Å². The standard InChI is InChI=1S/C25H29N3O3/c1-15(16-7-3-2-4-8-16)26-24(30)23-20(14-29)19-13-28-21(22(19)27-23)12-11-18(25(28)31)17-9-5-6-10-17/h2-4,7-9,11-12,15,19-20,22-23,27,29H,5-6,10,13-14H2,1H3,(H,26,30)/t15-,19-,20-,22+,23-/m1/s1. The van der Waals surface area contributed by atoms with Gasteiger partial charge in [0.2, 0.25) is 5.91 Å². The van der Waals surface area contributed by atoms with Gasteiger partial charge >= 0.3 is 0 Å². The minimum absolute atomic E-state index is 0.0216. The van der Waals surface area contributed by atoms with Gasteiger partial charge in [-0.05, 0) is 49.5 Å². The first-order valence-electron chi connectivity index (χ1n) is 11.2. The molecule has 0 saturated carbocycles. The fourth-order valence-electron chi connectivity index (χ4n) is 5.54. The first-order chi connectivity index (χ1) is 15.1. The zero-order chi connectivity index (χ0) is 21.5. The average Bonchev–Trinajstić information content (AvgIpc) is 3.50. The number of aromatic nitrogens is 1. The van der Waals surface area contributed by atoms with Crippen molar-refractivity contribution < 1.29 is 9.90 Å². The fourth-order valence-corrected chi connectivity index (χ4v) is 5.54. The third kappa shape index (κ3) is 3.44. The normalized spacial score (nSPS) is 27.5. The Morgan fingerprint density at radius 1 is 1.26 bits per heavy atom. The zero-order valence-electron chi connectivity index (χ0n) is 17.8. The molecule has 6 nitrogen and oxygen atoms in total. The molecule has 2 aliphatic heterocycles. The monoisotopic (exact) mass is 419 g/mol. The number of fused-ring (bicyclic) bond motifs is 3. The van der Waals surface area contributed by atoms with Crippen LogP contribution in [-0.2, 0) is 11.3 Å². The van der Waals surface area contributed by atoms with E-state index in [4.69, 9.17) is 0 Å². The van der Waals surface area contributed by atoms with Gasteiger partial charge in [-0.25, -0.2) is 0 Å². The maximum Gasteiger partial charge on any atom is 0.258 e. The number of rotatable bonds is 5. The van der Waals surface area contributed by atoms with Crippen molar-refractivity contribution >= 4 is 11.5 Å². The van der Waals surface area contributed by atoms with Crippen LogP contribution in [0.5, 0.6) is 0 Å². The average molecular weight is 420 g/mol. The lowest BCUT2D eigenvalue weighted by molar-refractivity contribution is -0.125. The number of nitrogens with zero attached hydrogens (tertiary/aromatic N) is 1. The van der Waals surface area contributed by atoms with E-state index in [-0.39, 0.29) is 42.0 Å². The zero-order valence-corrected chi connectivity index (χ0v) is 17.8. The van der Waals surface area contributed by atoms with Gasteiger partial charge in [-0.3, -0.25) is 14.9 Å². The third-order valence-corrected chi connectivity index (χ3v) is 7.22. The highest BCUT2D eigenvalue weighted by atomic mass is 16.3. The number of carbonyl (C=O) groups is 1. The summed E-state index contributed by atoms with van der Waals surface area (Å²) in [5.41, 5.74) is 3.96. The Hall–Kier alpha value is -2.70. The van der Waals surface area contributed by atoms with Crippen molar-refractivity contribution in [2.75, 3.05) is 6.61 Å². The van der Waals surface area contributed by atoms with E-state index in [1.54, 1.807) is 0 Å². The lowest BCUT2D eigenvalue weighted by Gasteiger charge is -2.23. The van der Waals surface area contributed by atoms with Gasteiger partial charge in [0.25, 0.3) is 5.56 Å². The summed E-state index contributed by atoms with van der Waals surface area (Å²) in [6, 6.07) is 13.1. The first-order valence-corrected chi connectivity index (χ1v) is 11.2. The van der Waals surface area contributed by atoms with Crippen LogP contribution in [0.2, 0.25) is 0 Å². The van der Waals surface area contributed by atoms with Crippen LogP contribution in [0.15, 0.2) is 53.3 Å². The second-order valence-corrected chi connectivity index (χ2v) is 8.98. The summed E-state index contributed by atoms with van der Waals surface area (Å²) in [7, 11) is 0. The molecular weight excluding hydrogens is 390 g/mol. The molecule has 3 N–H and O–H groups in total. The van der Waals surface area contributed by atoms with Gasteiger partial charge in [0.15, 0.2) is 0 Å². The van der Waals surface area contributed by atoms with Gasteiger partial charge in [0.1, 0.15) is 0 Å². The van der Waals surface area contributed by atoms with E-state index in [0.29, 0.717) is 6.54 Å². The van der Waals surface area contributed by atoms with Crippen LogP contribution >= 0.6 is 0 Å². The lowest BCUT2D eigenvalue weighted by atomic mass is 9.88. The maximum atomic E-state index is 13.1. The van der Waals surface area contributed by atoms with E-state index in [9.17, 15) is 14.7 Å². The van der Waals surface area contributed by atoms with Crippen molar-refractivity contribution in [2.45, 2.75) is 50.9 Å². The van der Waals surface area contributed by atoms with Crippen LogP contribution in [0.1, 0.15) is 55.1 Å². The van der Waals surface area contributed by atoms with Gasteiger partial charge in [-0.15, -0.1) is 0 Å². The minimum atomic E-state index is -0.479. The molecular formula is C25H29N3O3. The Labute approximate surface area is 182 Å². The van der Waals surface area contributed by atoms with Crippen LogP contribution in [0.3, 0.4) is 0 Å². The van der Waals surface area contributed by atoms with Crippen molar-refractivity contribution in [3.63, 3.8) is 0 Å². The number of nitrogens with one attached hydrogen (secondary N) is 2. The predicted molar refractivity (Wildman–Crippen MR) is 119 cm³/mol. The summed E-state index contributed by atoms with van der Waals surface area (Å²) in [5, 5.41) is 16.7. The fraction of sp³-hybridized carbons (Fsp3) is 0.440. The number of carbonyl (C=O) groups excluding carboxylic acids is 1. The summed E-state index contributed by atoms with van der Waals surface area (Å²) in [6.45, 7) is 2.41. The van der Waals surface area contributed by atoms with E-state index in [1.807, 2.05) is 54.0 Å². The highest BCUT2D eigenvalue weighted by Crippen LogP contribution is 2.43. The van der Waals surface area contributed by atoms with Gasteiger partial charge in [-0.1, -0.05) is 36.4 Å². The van der Waals surface area contributed by atoms with Crippen LogP contribution in [0.4, 0.5) is 0 Å². The second kappa shape index (κ2) is 8.09. The topological polar surface area (TPSA) is 83.4 Å². The first kappa shape index (κ1) is 20.2. The molecule has 162 valence electrons. The smallest absolute Gasteiger partial charge is 0.258 e. The summed E-state index contributed by atoms with van der Waals surface area (Å²) in [4.78, 5) is 26.2. The Bertz CT molecular complexity index is 1080. The number of aliphatic hydroxyl groups excluding tert-OH is 1. The minimum Gasteiger partial charge on any atom is -0.396 e. The Kier molecular flexibility index (Phi) is 5.28. The summed E-state index contributed by atoms with van der Waals surface area (Å²) >= 11 is 0. The number of aliphatic hydroxyl groups is 1. The molecule has 1 aromatic carbocycles. The number of hydrogen-bond acceptors (Lipinski definition) is 4. The number of pyridine rings is 1. The largest absolute Gasteiger partial charge is 0.396 e. The number of benzene rings is 1. The highest BCUT2D eigenvalue weighted by Gasteiger charge is 2.50. The Morgan fingerprint density at radius 2 is 2.06 bits per heavy atom. The second-order valence-electron chi connectivity index (χ2n) is 8.98. The quantitative estimate of drug-likeness (QED) is 0.696. The number of amides is 1. The molecule has 0 bridgehead atoms. The van der Waals surface area contributed by atoms with Crippen molar-refractivity contribution in [3.8, 4) is 0 Å². The third-order valence-electron chi connectivity index (χ3n) is 7.22. The molecule has 3 heterocycles. The molecule has 1 fully saturated rings. The van der Waals surface area contributed by atoms with E-state index in [0.717, 1.165) is 41.7 Å². The maximum absolute atomic E-state index is 13.1. The molecule has 31 heavy (non-hydrogen) atoms. The summed E-state index contributed by atoms with van der Waals surface area (Å²) in [6.07, 6.45) is 5.27. The van der Waals surface area contributed by atoms with E-state index >= 15 is 0 Å². The summed E-state index contributed by atoms with van der Waals surface area (Å²) in [5.74, 6) is -0.318. The Morgan fingerprint density at radius 3 is 2.77 bits per heavy atom. The van der Waals surface area contributed by atoms with E-state index in [2.05, 4.69) is 16.7 Å². The molecule has 1 aliphatic carbocycles. The van der Waals surface area contributed by atoms with Gasteiger partial charge in [0.05, 0.1) is 18.1 Å². The molecule has 0 spiro atoms. The molecule has 1 aromatic heterocycles. The molecule has 0 radical (unpaired) electrons. The van der Waals surface area contributed by atoms with Crippen LogP contribution in [-0.4, -0.2) is 28.2 Å². The van der Waals surface area contributed by atoms with Crippen molar-refractivity contribution in [3.05, 3.63) is 75.7 Å². The van der Waals surface area contributed by atoms with Crippen LogP contribution < -0.4 is 16.2 Å². The van der Waals surface area contributed by atoms with Crippen molar-refractivity contribution in [1.29, 1.82) is 0 Å². The number of hydrogen-bond donors (Lipinski definition) is 3. The van der Waals surface area contributed by atoms with Crippen LogP contribution in [0, 0.1) is 11.8 Å². The molecule has 3 aliphatic rings. The van der Waals surface area contributed by atoms with Crippen molar-refractivity contribution in [1.82, 2.24) is 15.2 Å². The molecule has 6 heteroatoms. The van der Waals surface area contributed by atoms with Gasteiger partial charge in [-0.2, -0.15) is 0 Å². The molecule has 0 unspecified atom stereocenters. The van der Waals surface area contributed by atoms with E-state index in [1.165, 1.54) is 0 Å². The lowest BCUT2D eigenvalue weighted by Crippen LogP contribution is -2.46. The predicted octanol–water partition coefficient (Wildman–Crippen LogP) is 2.54. The Balaban J connectivity index is 1.37.